The molecular weight excluding hydrogens is 668 g/mol. The van der Waals surface area contributed by atoms with E-state index in [2.05, 4.69) is 0 Å². The van der Waals surface area contributed by atoms with E-state index in [1.807, 2.05) is 0 Å². The predicted octanol–water partition coefficient (Wildman–Crippen LogP) is 8.63. The van der Waals surface area contributed by atoms with Crippen molar-refractivity contribution >= 4 is 28.9 Å². The zero-order valence-corrected chi connectivity index (χ0v) is 27.9. The highest BCUT2D eigenvalue weighted by atomic mass is 16.3. The minimum atomic E-state index is -1.40. The molecule has 8 heteroatoms. The molecule has 8 rings (SSSR count). The van der Waals surface area contributed by atoms with Crippen LogP contribution in [0.1, 0.15) is 81.9 Å². The molecule has 0 aromatic heterocycles. The van der Waals surface area contributed by atoms with E-state index in [1.54, 1.807) is 127 Å². The Labute approximate surface area is 303 Å². The van der Waals surface area contributed by atoms with Crippen molar-refractivity contribution < 1.29 is 39.9 Å². The van der Waals surface area contributed by atoms with Crippen LogP contribution in [0.4, 0.5) is 0 Å². The quantitative estimate of drug-likeness (QED) is 0.0991. The topological polar surface area (TPSA) is 152 Å². The Morgan fingerprint density at radius 2 is 0.755 bits per heavy atom. The molecular formula is C45H30O8. The van der Waals surface area contributed by atoms with Gasteiger partial charge in [-0.3, -0.25) is 14.4 Å². The van der Waals surface area contributed by atoms with E-state index in [0.29, 0.717) is 11.1 Å². The first-order valence-electron chi connectivity index (χ1n) is 16.8. The normalized spacial score (nSPS) is 14.6. The second kappa shape index (κ2) is 12.9. The predicted molar refractivity (Wildman–Crippen MR) is 199 cm³/mol. The molecule has 53 heavy (non-hydrogen) atoms. The van der Waals surface area contributed by atoms with Gasteiger partial charge in [0, 0.05) is 50.8 Å². The molecule has 0 heterocycles. The largest absolute Gasteiger partial charge is 0.507 e. The lowest BCUT2D eigenvalue weighted by Crippen LogP contribution is -2.18. The Hall–Kier alpha value is -7.19. The summed E-state index contributed by atoms with van der Waals surface area (Å²) in [5.41, 5.74) is 0.00875. The van der Waals surface area contributed by atoms with Crippen LogP contribution in [0.3, 0.4) is 0 Å². The van der Waals surface area contributed by atoms with E-state index < -0.39 is 52.0 Å². The van der Waals surface area contributed by atoms with Crippen molar-refractivity contribution in [2.45, 2.75) is 11.8 Å². The van der Waals surface area contributed by atoms with Crippen molar-refractivity contribution in [3.8, 4) is 17.2 Å². The monoisotopic (exact) mass is 698 g/mol. The van der Waals surface area contributed by atoms with E-state index in [-0.39, 0.29) is 61.6 Å². The van der Waals surface area contributed by atoms with Gasteiger partial charge in [-0.15, -0.1) is 0 Å². The Bertz CT molecular complexity index is 2400. The number of rotatable bonds is 8. The average molecular weight is 699 g/mol. The van der Waals surface area contributed by atoms with Gasteiger partial charge >= 0.3 is 0 Å². The van der Waals surface area contributed by atoms with Gasteiger partial charge in [0.2, 0.25) is 5.78 Å². The van der Waals surface area contributed by atoms with Gasteiger partial charge < -0.3 is 25.5 Å². The van der Waals surface area contributed by atoms with Gasteiger partial charge in [-0.05, 0) is 11.1 Å². The van der Waals surface area contributed by atoms with E-state index in [9.17, 15) is 39.9 Å². The summed E-state index contributed by atoms with van der Waals surface area (Å²) in [5.74, 6) is -7.93. The number of aliphatic hydroxyl groups excluding tert-OH is 2. The van der Waals surface area contributed by atoms with Crippen LogP contribution < -0.4 is 0 Å². The average Bonchev–Trinajstić information content (AvgIpc) is 3.59. The first-order valence-corrected chi connectivity index (χ1v) is 16.8. The number of benzene rings is 6. The number of aromatic hydroxyl groups is 3. The van der Waals surface area contributed by atoms with Crippen LogP contribution in [0.2, 0.25) is 0 Å². The summed E-state index contributed by atoms with van der Waals surface area (Å²) in [4.78, 5) is 42.8. The van der Waals surface area contributed by atoms with Crippen LogP contribution in [-0.4, -0.2) is 42.9 Å². The number of Topliss-reactive ketones (excluding diaryl/α,β-unsaturated/α-hetero) is 2. The molecule has 6 aromatic rings. The number of carbonyl (C=O) groups excluding carboxylic acids is 3. The summed E-state index contributed by atoms with van der Waals surface area (Å²) in [6.07, 6.45) is 0. The lowest BCUT2D eigenvalue weighted by molar-refractivity contribution is 0.102. The first kappa shape index (κ1) is 33.0. The molecule has 2 aliphatic carbocycles. The third-order valence-electron chi connectivity index (χ3n) is 10.0. The highest BCUT2D eigenvalue weighted by Crippen LogP contribution is 2.57. The summed E-state index contributed by atoms with van der Waals surface area (Å²) in [6, 6.07) is 37.6. The molecule has 258 valence electrons. The molecule has 0 fully saturated rings. The molecule has 0 saturated carbocycles. The number of allylic oxidation sites excluding steroid dienone is 2. The van der Waals surface area contributed by atoms with E-state index >= 15 is 0 Å². The molecule has 0 radical (unpaired) electrons. The number of ketones is 3. The highest BCUT2D eigenvalue weighted by molar-refractivity contribution is 6.22. The van der Waals surface area contributed by atoms with Crippen molar-refractivity contribution in [2.24, 2.45) is 0 Å². The molecule has 0 spiro atoms. The standard InChI is InChI=1S/C45H30O8/c46-38(26-18-8-3-9-19-26)37-44(52)35(31(24-14-4-1-5-15-24)33-39(47)27-20-10-11-21-28(27)40(33)48)43(51)36(45(37)53)32(25-16-6-2-7-17-25)34-41(49)29-22-12-13-23-30(29)42(34)50/h1-23,31-32,47,49,51-53H. The zero-order chi connectivity index (χ0) is 37.0. The van der Waals surface area contributed by atoms with Gasteiger partial charge in [0.1, 0.15) is 34.3 Å². The maximum absolute atomic E-state index is 14.4. The van der Waals surface area contributed by atoms with Crippen LogP contribution in [0.5, 0.6) is 17.2 Å². The molecule has 6 aromatic carbocycles. The van der Waals surface area contributed by atoms with Gasteiger partial charge in [-0.2, -0.15) is 0 Å². The lowest BCUT2D eigenvalue weighted by Gasteiger charge is -2.28. The lowest BCUT2D eigenvalue weighted by atomic mass is 9.75. The van der Waals surface area contributed by atoms with Crippen molar-refractivity contribution in [3.05, 3.63) is 206 Å². The second-order valence-electron chi connectivity index (χ2n) is 12.9. The summed E-state index contributed by atoms with van der Waals surface area (Å²) in [6.45, 7) is 0. The van der Waals surface area contributed by atoms with Gasteiger partial charge in [0.25, 0.3) is 0 Å². The smallest absolute Gasteiger partial charge is 0.200 e. The molecule has 2 aliphatic rings. The van der Waals surface area contributed by atoms with Gasteiger partial charge in [0.05, 0.1) is 11.1 Å². The van der Waals surface area contributed by atoms with E-state index in [4.69, 9.17) is 0 Å². The zero-order valence-electron chi connectivity index (χ0n) is 27.9. The van der Waals surface area contributed by atoms with Crippen molar-refractivity contribution in [1.82, 2.24) is 0 Å². The number of fused-ring (bicyclic) bond motifs is 2. The summed E-state index contributed by atoms with van der Waals surface area (Å²) in [5, 5.41) is 60.5. The summed E-state index contributed by atoms with van der Waals surface area (Å²) < 4.78 is 0. The molecule has 5 N–H and O–H groups in total. The van der Waals surface area contributed by atoms with Crippen LogP contribution >= 0.6 is 0 Å². The van der Waals surface area contributed by atoms with Gasteiger partial charge in [0.15, 0.2) is 11.6 Å². The fourth-order valence-corrected chi connectivity index (χ4v) is 7.60. The van der Waals surface area contributed by atoms with Gasteiger partial charge in [-0.25, -0.2) is 0 Å². The fourth-order valence-electron chi connectivity index (χ4n) is 7.60. The highest BCUT2D eigenvalue weighted by Gasteiger charge is 2.44. The summed E-state index contributed by atoms with van der Waals surface area (Å²) >= 11 is 0. The third-order valence-corrected chi connectivity index (χ3v) is 10.0. The number of hydrogen-bond donors (Lipinski definition) is 5. The maximum Gasteiger partial charge on any atom is 0.200 e. The van der Waals surface area contributed by atoms with Crippen molar-refractivity contribution in [2.75, 3.05) is 0 Å². The number of phenols is 3. The van der Waals surface area contributed by atoms with Crippen molar-refractivity contribution in [3.63, 3.8) is 0 Å². The van der Waals surface area contributed by atoms with Crippen molar-refractivity contribution in [1.29, 1.82) is 0 Å². The Kier molecular flexibility index (Phi) is 8.00. The minimum Gasteiger partial charge on any atom is -0.507 e. The molecule has 0 bridgehead atoms. The Balaban J connectivity index is 1.50. The summed E-state index contributed by atoms with van der Waals surface area (Å²) in [7, 11) is 0. The van der Waals surface area contributed by atoms with E-state index in [1.165, 1.54) is 12.1 Å². The Morgan fingerprint density at radius 3 is 1.13 bits per heavy atom. The van der Waals surface area contributed by atoms with Crippen LogP contribution in [0.25, 0.3) is 11.5 Å². The maximum atomic E-state index is 14.4. The van der Waals surface area contributed by atoms with E-state index in [0.717, 1.165) is 0 Å². The number of hydrogen-bond acceptors (Lipinski definition) is 8. The molecule has 8 nitrogen and oxygen atoms in total. The molecule has 2 unspecified atom stereocenters. The molecule has 0 amide bonds. The van der Waals surface area contributed by atoms with Crippen LogP contribution in [0.15, 0.2) is 151 Å². The van der Waals surface area contributed by atoms with Gasteiger partial charge in [-0.1, -0.05) is 140 Å². The first-order chi connectivity index (χ1) is 25.7. The molecule has 0 saturated heterocycles. The number of aliphatic hydroxyl groups is 2. The minimum absolute atomic E-state index is 0.0889. The number of carbonyl (C=O) groups is 3. The number of phenolic OH excluding ortho intramolecular Hbond substituents is 3. The van der Waals surface area contributed by atoms with Crippen LogP contribution in [-0.2, 0) is 0 Å². The molecule has 0 aliphatic heterocycles. The fraction of sp³-hybridized carbons (Fsp3) is 0.0444. The molecule has 2 atom stereocenters. The third kappa shape index (κ3) is 5.11. The Morgan fingerprint density at radius 1 is 0.415 bits per heavy atom. The van der Waals surface area contributed by atoms with Crippen LogP contribution in [0, 0.1) is 0 Å². The SMILES string of the molecule is O=C1C(C(c2ccccc2)c2c(O)c(C(=O)c3ccccc3)c(O)c(C(C3=C(O)c4ccccc4C3=O)c3ccccc3)c2O)=C(O)c2ccccc21. The second-order valence-corrected chi connectivity index (χ2v) is 12.9.